The molecule has 2 heterocycles. The molecule has 1 aliphatic rings. The minimum Gasteiger partial charge on any atom is -0.268 e. The van der Waals surface area contributed by atoms with Gasteiger partial charge in [-0.05, 0) is 53.2 Å². The van der Waals surface area contributed by atoms with Crippen molar-refractivity contribution in [1.29, 1.82) is 0 Å². The van der Waals surface area contributed by atoms with Crippen LogP contribution in [0.3, 0.4) is 0 Å². The Balaban J connectivity index is 1.50. The first-order valence-corrected chi connectivity index (χ1v) is 12.8. The van der Waals surface area contributed by atoms with Crippen molar-refractivity contribution in [2.24, 2.45) is 0 Å². The zero-order chi connectivity index (χ0) is 23.2. The summed E-state index contributed by atoms with van der Waals surface area (Å²) in [6.07, 6.45) is 2.75. The van der Waals surface area contributed by atoms with E-state index in [0.717, 1.165) is 45.4 Å². The minimum absolute atomic E-state index is 0.137. The molecule has 5 rings (SSSR count). The van der Waals surface area contributed by atoms with Gasteiger partial charge in [-0.15, -0.1) is 0 Å². The topological polar surface area (TPSA) is 84.4 Å². The monoisotopic (exact) mass is 474 g/mol. The van der Waals surface area contributed by atoms with E-state index in [1.54, 1.807) is 18.2 Å². The van der Waals surface area contributed by atoms with Crippen LogP contribution in [0.25, 0.3) is 27.9 Å². The Morgan fingerprint density at radius 2 is 1.45 bits per heavy atom. The minimum atomic E-state index is -3.31. The number of hydrogen-bond donors (Lipinski definition) is 0. The maximum Gasteiger partial charge on any atom is 0.293 e. The van der Waals surface area contributed by atoms with E-state index in [9.17, 15) is 18.0 Å². The van der Waals surface area contributed by atoms with Crippen LogP contribution < -0.4 is 0 Å². The lowest BCUT2D eigenvalue weighted by atomic mass is 10.0. The molecule has 3 aromatic carbocycles. The Hall–Kier alpha value is -3.49. The first kappa shape index (κ1) is 21.4. The lowest BCUT2D eigenvalue weighted by Crippen LogP contribution is -2.27. The van der Waals surface area contributed by atoms with E-state index in [2.05, 4.69) is 0 Å². The molecule has 0 bridgehead atoms. The quantitative estimate of drug-likeness (QED) is 0.305. The van der Waals surface area contributed by atoms with Crippen LogP contribution >= 0.6 is 11.8 Å². The van der Waals surface area contributed by atoms with Crippen molar-refractivity contribution in [3.8, 4) is 0 Å². The SMILES string of the molecule is CS(=O)(=O)c1ccc(/C=C2\SC(=O)N(Cc3c4ccccc4nc4ccccc34)C2=O)cc1. The largest absolute Gasteiger partial charge is 0.293 e. The van der Waals surface area contributed by atoms with Gasteiger partial charge in [-0.1, -0.05) is 48.5 Å². The van der Waals surface area contributed by atoms with Crippen molar-refractivity contribution >= 4 is 60.6 Å². The highest BCUT2D eigenvalue weighted by Gasteiger charge is 2.35. The molecular formula is C25H18N2O4S2. The van der Waals surface area contributed by atoms with Gasteiger partial charge in [0.1, 0.15) is 0 Å². The van der Waals surface area contributed by atoms with Gasteiger partial charge < -0.3 is 0 Å². The van der Waals surface area contributed by atoms with Gasteiger partial charge in [0.05, 0.1) is 27.4 Å². The Labute approximate surface area is 194 Å². The average molecular weight is 475 g/mol. The molecule has 1 fully saturated rings. The van der Waals surface area contributed by atoms with E-state index in [1.807, 2.05) is 48.5 Å². The molecule has 0 radical (unpaired) electrons. The molecule has 0 spiro atoms. The molecule has 2 amide bonds. The van der Waals surface area contributed by atoms with Gasteiger partial charge in [0.2, 0.25) is 0 Å². The smallest absolute Gasteiger partial charge is 0.268 e. The van der Waals surface area contributed by atoms with Gasteiger partial charge >= 0.3 is 0 Å². The molecule has 0 unspecified atom stereocenters. The van der Waals surface area contributed by atoms with E-state index in [1.165, 1.54) is 17.0 Å². The van der Waals surface area contributed by atoms with Crippen molar-refractivity contribution in [2.45, 2.75) is 11.4 Å². The number of benzene rings is 3. The molecule has 33 heavy (non-hydrogen) atoms. The first-order chi connectivity index (χ1) is 15.8. The van der Waals surface area contributed by atoms with Crippen LogP contribution in [-0.4, -0.2) is 35.7 Å². The van der Waals surface area contributed by atoms with Crippen LogP contribution in [-0.2, 0) is 21.2 Å². The summed E-state index contributed by atoms with van der Waals surface area (Å²) >= 11 is 0.881. The summed E-state index contributed by atoms with van der Waals surface area (Å²) in [7, 11) is -3.31. The van der Waals surface area contributed by atoms with Crippen molar-refractivity contribution in [3.63, 3.8) is 0 Å². The number of nitrogens with zero attached hydrogens (tertiary/aromatic N) is 2. The second kappa shape index (κ2) is 8.13. The number of fused-ring (bicyclic) bond motifs is 2. The van der Waals surface area contributed by atoms with Gasteiger partial charge in [0.25, 0.3) is 11.1 Å². The Bertz CT molecular complexity index is 1520. The second-order valence-corrected chi connectivity index (χ2v) is 10.7. The van der Waals surface area contributed by atoms with Gasteiger partial charge in [0, 0.05) is 17.0 Å². The number of imide groups is 1. The van der Waals surface area contributed by atoms with Crippen LogP contribution in [0.15, 0.2) is 82.6 Å². The third-order valence-electron chi connectivity index (χ3n) is 5.50. The van der Waals surface area contributed by atoms with E-state index in [4.69, 9.17) is 4.98 Å². The average Bonchev–Trinajstić information content (AvgIpc) is 3.06. The highest BCUT2D eigenvalue weighted by Crippen LogP contribution is 2.35. The number of carbonyl (C=O) groups excluding carboxylic acids is 2. The molecule has 1 aromatic heterocycles. The molecule has 1 aliphatic heterocycles. The Morgan fingerprint density at radius 3 is 2.03 bits per heavy atom. The fourth-order valence-corrected chi connectivity index (χ4v) is 5.32. The summed E-state index contributed by atoms with van der Waals surface area (Å²) in [6.45, 7) is 0.137. The van der Waals surface area contributed by atoms with Crippen LogP contribution in [0, 0.1) is 0 Å². The number of thioether (sulfide) groups is 1. The van der Waals surface area contributed by atoms with Crippen LogP contribution in [0.1, 0.15) is 11.1 Å². The summed E-state index contributed by atoms with van der Waals surface area (Å²) in [6, 6.07) is 21.6. The molecule has 0 saturated carbocycles. The number of sulfone groups is 1. The molecule has 8 heteroatoms. The lowest BCUT2D eigenvalue weighted by Gasteiger charge is -2.16. The van der Waals surface area contributed by atoms with E-state index < -0.39 is 9.84 Å². The van der Waals surface area contributed by atoms with Crippen LogP contribution in [0.5, 0.6) is 0 Å². The molecule has 4 aromatic rings. The normalized spacial score (nSPS) is 15.8. The zero-order valence-corrected chi connectivity index (χ0v) is 19.2. The van der Waals surface area contributed by atoms with Crippen molar-refractivity contribution in [3.05, 3.63) is 88.8 Å². The van der Waals surface area contributed by atoms with Gasteiger partial charge in [-0.3, -0.25) is 14.5 Å². The molecule has 0 N–H and O–H groups in total. The maximum atomic E-state index is 13.1. The van der Waals surface area contributed by atoms with E-state index >= 15 is 0 Å². The van der Waals surface area contributed by atoms with Crippen molar-refractivity contribution in [1.82, 2.24) is 9.88 Å². The van der Waals surface area contributed by atoms with Crippen molar-refractivity contribution < 1.29 is 18.0 Å². The van der Waals surface area contributed by atoms with Crippen LogP contribution in [0.4, 0.5) is 4.79 Å². The van der Waals surface area contributed by atoms with E-state index in [-0.39, 0.29) is 22.6 Å². The number of amides is 2. The molecule has 164 valence electrons. The fourth-order valence-electron chi connectivity index (χ4n) is 3.85. The highest BCUT2D eigenvalue weighted by atomic mass is 32.2. The number of rotatable bonds is 4. The summed E-state index contributed by atoms with van der Waals surface area (Å²) < 4.78 is 23.3. The number of hydrogen-bond acceptors (Lipinski definition) is 6. The second-order valence-electron chi connectivity index (χ2n) is 7.73. The van der Waals surface area contributed by atoms with Gasteiger partial charge in [-0.25, -0.2) is 13.4 Å². The van der Waals surface area contributed by atoms with Crippen molar-refractivity contribution in [2.75, 3.05) is 6.26 Å². The van der Waals surface area contributed by atoms with E-state index in [0.29, 0.717) is 10.5 Å². The number of aromatic nitrogens is 1. The summed E-state index contributed by atoms with van der Waals surface area (Å²) in [5, 5.41) is 1.45. The number of para-hydroxylation sites is 2. The molecule has 0 atom stereocenters. The fraction of sp³-hybridized carbons (Fsp3) is 0.0800. The zero-order valence-electron chi connectivity index (χ0n) is 17.6. The maximum absolute atomic E-state index is 13.1. The van der Waals surface area contributed by atoms with Gasteiger partial charge in [0.15, 0.2) is 9.84 Å². The highest BCUT2D eigenvalue weighted by molar-refractivity contribution is 8.18. The molecule has 0 aliphatic carbocycles. The third kappa shape index (κ3) is 4.03. The molecular weight excluding hydrogens is 456 g/mol. The molecule has 6 nitrogen and oxygen atoms in total. The predicted octanol–water partition coefficient (Wildman–Crippen LogP) is 5.03. The Kier molecular flexibility index (Phi) is 5.26. The summed E-state index contributed by atoms with van der Waals surface area (Å²) in [5.74, 6) is -0.373. The summed E-state index contributed by atoms with van der Waals surface area (Å²) in [5.41, 5.74) is 3.13. The standard InChI is InChI=1S/C25H18N2O4S2/c1-33(30,31)17-12-10-16(11-13-17)14-23-24(28)27(25(29)32-23)15-20-18-6-2-4-8-21(18)26-22-9-5-3-7-19(20)22/h2-14H,15H2,1H3/b23-14-. The first-order valence-electron chi connectivity index (χ1n) is 10.1. The lowest BCUT2D eigenvalue weighted by molar-refractivity contribution is -0.123. The number of pyridine rings is 1. The molecule has 1 saturated heterocycles. The third-order valence-corrected chi connectivity index (χ3v) is 7.53. The van der Waals surface area contributed by atoms with Crippen LogP contribution in [0.2, 0.25) is 0 Å². The summed E-state index contributed by atoms with van der Waals surface area (Å²) in [4.78, 5) is 32.4. The van der Waals surface area contributed by atoms with Gasteiger partial charge in [-0.2, -0.15) is 0 Å². The Morgan fingerprint density at radius 1 is 0.879 bits per heavy atom. The predicted molar refractivity (Wildman–Crippen MR) is 130 cm³/mol. The number of carbonyl (C=O) groups is 2.